The molecule has 1 aromatic carbocycles. The third-order valence-electron chi connectivity index (χ3n) is 3.06. The minimum absolute atomic E-state index is 0.665. The van der Waals surface area contributed by atoms with Crippen molar-refractivity contribution in [2.24, 2.45) is 0 Å². The standard InChI is InChI=1S/C15H15NO/c1-2-17-11-14-10-9-13-8-7-12-5-3-4-6-15(12)16(13)14/h3-10H,2,11H2,1H3. The van der Waals surface area contributed by atoms with Crippen molar-refractivity contribution in [2.45, 2.75) is 13.5 Å². The van der Waals surface area contributed by atoms with Crippen LogP contribution >= 0.6 is 0 Å². The Morgan fingerprint density at radius 3 is 2.71 bits per heavy atom. The molecule has 0 aliphatic rings. The zero-order valence-corrected chi connectivity index (χ0v) is 9.89. The van der Waals surface area contributed by atoms with Crippen molar-refractivity contribution in [1.82, 2.24) is 4.40 Å². The minimum atomic E-state index is 0.665. The van der Waals surface area contributed by atoms with E-state index in [9.17, 15) is 0 Å². The summed E-state index contributed by atoms with van der Waals surface area (Å²) in [6, 6.07) is 17.0. The summed E-state index contributed by atoms with van der Waals surface area (Å²) in [6.07, 6.45) is 0. The third kappa shape index (κ3) is 1.71. The topological polar surface area (TPSA) is 13.6 Å². The third-order valence-corrected chi connectivity index (χ3v) is 3.06. The van der Waals surface area contributed by atoms with Crippen LogP contribution in [-0.2, 0) is 11.3 Å². The van der Waals surface area contributed by atoms with Gasteiger partial charge in [0.2, 0.25) is 0 Å². The quantitative estimate of drug-likeness (QED) is 0.663. The first kappa shape index (κ1) is 10.4. The van der Waals surface area contributed by atoms with Crippen LogP contribution in [0.3, 0.4) is 0 Å². The number of para-hydroxylation sites is 1. The highest BCUT2D eigenvalue weighted by Gasteiger charge is 2.04. The van der Waals surface area contributed by atoms with E-state index in [0.717, 1.165) is 6.61 Å². The summed E-state index contributed by atoms with van der Waals surface area (Å²) in [5.74, 6) is 0. The van der Waals surface area contributed by atoms with Crippen LogP contribution in [-0.4, -0.2) is 11.0 Å². The second kappa shape index (κ2) is 4.22. The average Bonchev–Trinajstić information content (AvgIpc) is 2.80. The number of fused-ring (bicyclic) bond motifs is 3. The maximum Gasteiger partial charge on any atom is 0.0871 e. The van der Waals surface area contributed by atoms with E-state index in [1.54, 1.807) is 0 Å². The number of ether oxygens (including phenoxy) is 1. The summed E-state index contributed by atoms with van der Waals surface area (Å²) < 4.78 is 7.78. The van der Waals surface area contributed by atoms with Crippen LogP contribution in [0.2, 0.25) is 0 Å². The van der Waals surface area contributed by atoms with Crippen LogP contribution in [0, 0.1) is 0 Å². The van der Waals surface area contributed by atoms with Crippen molar-refractivity contribution in [3.8, 4) is 0 Å². The molecule has 3 rings (SSSR count). The molecule has 2 heterocycles. The van der Waals surface area contributed by atoms with Crippen molar-refractivity contribution in [3.63, 3.8) is 0 Å². The fourth-order valence-corrected chi connectivity index (χ4v) is 2.25. The normalized spacial score (nSPS) is 11.4. The Balaban J connectivity index is 2.27. The van der Waals surface area contributed by atoms with Gasteiger partial charge in [0.1, 0.15) is 0 Å². The maximum absolute atomic E-state index is 5.51. The van der Waals surface area contributed by atoms with Gasteiger partial charge in [-0.3, -0.25) is 0 Å². The van der Waals surface area contributed by atoms with Crippen molar-refractivity contribution in [2.75, 3.05) is 6.61 Å². The van der Waals surface area contributed by atoms with Gasteiger partial charge in [0.25, 0.3) is 0 Å². The van der Waals surface area contributed by atoms with Gasteiger partial charge in [0.15, 0.2) is 0 Å². The molecule has 0 N–H and O–H groups in total. The van der Waals surface area contributed by atoms with Crippen molar-refractivity contribution >= 4 is 16.4 Å². The highest BCUT2D eigenvalue weighted by molar-refractivity contribution is 5.83. The molecule has 0 saturated carbocycles. The molecule has 0 bridgehead atoms. The van der Waals surface area contributed by atoms with Crippen LogP contribution < -0.4 is 0 Å². The second-order valence-electron chi connectivity index (χ2n) is 4.11. The van der Waals surface area contributed by atoms with Gasteiger partial charge in [0, 0.05) is 17.8 Å². The predicted molar refractivity (Wildman–Crippen MR) is 70.2 cm³/mol. The molecular weight excluding hydrogens is 210 g/mol. The Morgan fingerprint density at radius 1 is 1.00 bits per heavy atom. The van der Waals surface area contributed by atoms with Crippen LogP contribution in [0.15, 0.2) is 48.5 Å². The van der Waals surface area contributed by atoms with Gasteiger partial charge in [-0.05, 0) is 36.6 Å². The molecule has 86 valence electrons. The zero-order valence-electron chi connectivity index (χ0n) is 9.89. The molecule has 0 amide bonds. The van der Waals surface area contributed by atoms with E-state index >= 15 is 0 Å². The number of benzene rings is 1. The monoisotopic (exact) mass is 225 g/mol. The largest absolute Gasteiger partial charge is 0.376 e. The summed E-state index contributed by atoms with van der Waals surface area (Å²) in [5, 5.41) is 1.26. The van der Waals surface area contributed by atoms with Crippen molar-refractivity contribution < 1.29 is 4.74 Å². The molecular formula is C15H15NO. The highest BCUT2D eigenvalue weighted by Crippen LogP contribution is 2.20. The van der Waals surface area contributed by atoms with Gasteiger partial charge < -0.3 is 9.14 Å². The maximum atomic E-state index is 5.51. The summed E-state index contributed by atoms with van der Waals surface area (Å²) in [4.78, 5) is 0. The lowest BCUT2D eigenvalue weighted by molar-refractivity contribution is 0.131. The minimum Gasteiger partial charge on any atom is -0.376 e. The Morgan fingerprint density at radius 2 is 1.82 bits per heavy atom. The van der Waals surface area contributed by atoms with Crippen molar-refractivity contribution in [1.29, 1.82) is 0 Å². The average molecular weight is 225 g/mol. The molecule has 0 saturated heterocycles. The predicted octanol–water partition coefficient (Wildman–Crippen LogP) is 3.63. The summed E-state index contributed by atoms with van der Waals surface area (Å²) in [6.45, 7) is 3.44. The first-order valence-corrected chi connectivity index (χ1v) is 5.96. The molecule has 0 radical (unpaired) electrons. The van der Waals surface area contributed by atoms with E-state index in [-0.39, 0.29) is 0 Å². The lowest BCUT2D eigenvalue weighted by Gasteiger charge is -2.07. The highest BCUT2D eigenvalue weighted by atomic mass is 16.5. The van der Waals surface area contributed by atoms with Crippen LogP contribution in [0.1, 0.15) is 12.6 Å². The molecule has 2 aromatic heterocycles. The Labute approximate surface area is 100 Å². The molecule has 0 spiro atoms. The van der Waals surface area contributed by atoms with Gasteiger partial charge in [0.05, 0.1) is 12.1 Å². The Kier molecular flexibility index (Phi) is 2.57. The summed E-state index contributed by atoms with van der Waals surface area (Å²) in [5.41, 5.74) is 3.67. The van der Waals surface area contributed by atoms with E-state index < -0.39 is 0 Å². The van der Waals surface area contributed by atoms with E-state index in [2.05, 4.69) is 52.9 Å². The molecule has 2 nitrogen and oxygen atoms in total. The summed E-state index contributed by atoms with van der Waals surface area (Å²) in [7, 11) is 0. The number of aromatic nitrogens is 1. The lowest BCUT2D eigenvalue weighted by atomic mass is 10.2. The molecule has 0 aliphatic carbocycles. The van der Waals surface area contributed by atoms with E-state index in [4.69, 9.17) is 4.74 Å². The SMILES string of the molecule is CCOCc1ccc2ccc3ccccc3n12. The number of pyridine rings is 1. The van der Waals surface area contributed by atoms with E-state index in [0.29, 0.717) is 6.61 Å². The fraction of sp³-hybridized carbons (Fsp3) is 0.200. The van der Waals surface area contributed by atoms with Gasteiger partial charge >= 0.3 is 0 Å². The molecule has 17 heavy (non-hydrogen) atoms. The van der Waals surface area contributed by atoms with Crippen LogP contribution in [0.4, 0.5) is 0 Å². The van der Waals surface area contributed by atoms with Gasteiger partial charge in [-0.25, -0.2) is 0 Å². The Hall–Kier alpha value is -1.80. The number of hydrogen-bond acceptors (Lipinski definition) is 1. The molecule has 3 aromatic rings. The smallest absolute Gasteiger partial charge is 0.0871 e. The zero-order chi connectivity index (χ0) is 11.7. The van der Waals surface area contributed by atoms with E-state index in [1.807, 2.05) is 6.92 Å². The van der Waals surface area contributed by atoms with Gasteiger partial charge in [-0.15, -0.1) is 0 Å². The van der Waals surface area contributed by atoms with Gasteiger partial charge in [-0.1, -0.05) is 24.3 Å². The lowest BCUT2D eigenvalue weighted by Crippen LogP contribution is -1.98. The second-order valence-corrected chi connectivity index (χ2v) is 4.11. The van der Waals surface area contributed by atoms with E-state index in [1.165, 1.54) is 22.1 Å². The number of nitrogens with zero attached hydrogens (tertiary/aromatic N) is 1. The molecule has 0 unspecified atom stereocenters. The summed E-state index contributed by atoms with van der Waals surface area (Å²) >= 11 is 0. The van der Waals surface area contributed by atoms with Gasteiger partial charge in [-0.2, -0.15) is 0 Å². The Bertz CT molecular complexity index is 654. The first-order valence-electron chi connectivity index (χ1n) is 5.96. The molecule has 0 aliphatic heterocycles. The van der Waals surface area contributed by atoms with Crippen molar-refractivity contribution in [3.05, 3.63) is 54.2 Å². The first-order chi connectivity index (χ1) is 8.40. The number of hydrogen-bond donors (Lipinski definition) is 0. The molecule has 0 atom stereocenters. The molecule has 2 heteroatoms. The van der Waals surface area contributed by atoms with Crippen LogP contribution in [0.25, 0.3) is 16.4 Å². The molecule has 0 fully saturated rings. The fourth-order valence-electron chi connectivity index (χ4n) is 2.25. The number of rotatable bonds is 3. The van der Waals surface area contributed by atoms with Crippen LogP contribution in [0.5, 0.6) is 0 Å².